The van der Waals surface area contributed by atoms with E-state index < -0.39 is 0 Å². The molecule has 1 N–H and O–H groups in total. The molecule has 0 spiro atoms. The number of aliphatic hydroxyl groups is 1. The van der Waals surface area contributed by atoms with Crippen LogP contribution in [-0.2, 0) is 11.2 Å². The van der Waals surface area contributed by atoms with E-state index in [1.807, 2.05) is 54.6 Å². The summed E-state index contributed by atoms with van der Waals surface area (Å²) < 4.78 is 0. The second-order valence-corrected chi connectivity index (χ2v) is 7.97. The first-order valence-electron chi connectivity index (χ1n) is 10.7. The van der Waals surface area contributed by atoms with Crippen molar-refractivity contribution in [3.8, 4) is 0 Å². The van der Waals surface area contributed by atoms with Crippen molar-refractivity contribution >= 4 is 38.7 Å². The first-order chi connectivity index (χ1) is 15.2. The first-order valence-corrected chi connectivity index (χ1v) is 10.7. The van der Waals surface area contributed by atoms with Gasteiger partial charge in [0.15, 0.2) is 5.78 Å². The van der Waals surface area contributed by atoms with Crippen molar-refractivity contribution in [3.63, 3.8) is 0 Å². The van der Waals surface area contributed by atoms with Gasteiger partial charge in [-0.2, -0.15) is 0 Å². The minimum absolute atomic E-state index is 0.0250. The second-order valence-electron chi connectivity index (χ2n) is 7.97. The number of nitrogens with zero attached hydrogens (tertiary/aromatic N) is 1. The summed E-state index contributed by atoms with van der Waals surface area (Å²) >= 11 is 0. The van der Waals surface area contributed by atoms with Crippen LogP contribution in [0.4, 0.5) is 5.69 Å². The summed E-state index contributed by atoms with van der Waals surface area (Å²) in [6, 6.07) is 28.3. The number of rotatable bonds is 3. The molecule has 0 unspecified atom stereocenters. The van der Waals surface area contributed by atoms with E-state index >= 15 is 0 Å². The highest BCUT2D eigenvalue weighted by molar-refractivity contribution is 6.25. The van der Waals surface area contributed by atoms with Crippen LogP contribution in [0.2, 0.25) is 0 Å². The Morgan fingerprint density at radius 3 is 2.23 bits per heavy atom. The lowest BCUT2D eigenvalue weighted by atomic mass is 9.88. The Labute approximate surface area is 181 Å². The maximum absolute atomic E-state index is 12.9. The third-order valence-corrected chi connectivity index (χ3v) is 5.93. The molecular weight excluding hydrogens is 382 g/mol. The van der Waals surface area contributed by atoms with E-state index in [2.05, 4.69) is 30.3 Å². The number of hydrogen-bond acceptors (Lipinski definition) is 3. The molecule has 0 amide bonds. The third kappa shape index (κ3) is 3.75. The van der Waals surface area contributed by atoms with Gasteiger partial charge in [0.25, 0.3) is 0 Å². The van der Waals surface area contributed by atoms with Gasteiger partial charge in [0.05, 0.1) is 17.0 Å². The Kier molecular flexibility index (Phi) is 5.09. The molecule has 0 saturated heterocycles. The summed E-state index contributed by atoms with van der Waals surface area (Å²) in [6.45, 7) is 0. The highest BCUT2D eigenvalue weighted by atomic mass is 16.3. The highest BCUT2D eigenvalue weighted by Gasteiger charge is 2.26. The molecule has 4 aromatic carbocycles. The lowest BCUT2D eigenvalue weighted by Gasteiger charge is -2.18. The van der Waals surface area contributed by atoms with Crippen LogP contribution in [0.1, 0.15) is 24.8 Å². The maximum atomic E-state index is 12.9. The van der Waals surface area contributed by atoms with Crippen LogP contribution in [-0.4, -0.2) is 16.6 Å². The van der Waals surface area contributed by atoms with Gasteiger partial charge in [-0.25, -0.2) is 0 Å². The summed E-state index contributed by atoms with van der Waals surface area (Å²) in [7, 11) is 0. The van der Waals surface area contributed by atoms with Gasteiger partial charge < -0.3 is 5.11 Å². The molecule has 0 aliphatic heterocycles. The van der Waals surface area contributed by atoms with Gasteiger partial charge in [0.2, 0.25) is 0 Å². The Balaban J connectivity index is 1.60. The normalized spacial score (nSPS) is 17.4. The summed E-state index contributed by atoms with van der Waals surface area (Å²) in [5.41, 5.74) is 2.92. The average Bonchev–Trinajstić information content (AvgIpc) is 2.80. The maximum Gasteiger partial charge on any atom is 0.168 e. The number of ketones is 1. The van der Waals surface area contributed by atoms with Crippen molar-refractivity contribution in [2.24, 2.45) is 4.99 Å². The quantitative estimate of drug-likeness (QED) is 0.298. The first kappa shape index (κ1) is 19.3. The fourth-order valence-corrected chi connectivity index (χ4v) is 4.43. The Morgan fingerprint density at radius 1 is 0.774 bits per heavy atom. The van der Waals surface area contributed by atoms with Crippen molar-refractivity contribution in [1.82, 2.24) is 0 Å². The topological polar surface area (TPSA) is 49.7 Å². The molecule has 0 aromatic heterocycles. The molecule has 0 atom stereocenters. The Bertz CT molecular complexity index is 1350. The number of benzene rings is 4. The van der Waals surface area contributed by atoms with Gasteiger partial charge in [-0.15, -0.1) is 0 Å². The molecule has 4 aromatic rings. The summed E-state index contributed by atoms with van der Waals surface area (Å²) in [5.74, 6) is 0.0861. The van der Waals surface area contributed by atoms with Gasteiger partial charge in [-0.1, -0.05) is 78.9 Å². The largest absolute Gasteiger partial charge is 0.511 e. The fraction of sp³-hybridized carbons (Fsp3) is 0.143. The number of Topliss-reactive ketones (excluding diaryl/α,β-unsaturated/α-hetero) is 1. The van der Waals surface area contributed by atoms with E-state index in [9.17, 15) is 9.90 Å². The molecular formula is C28H23NO2. The monoisotopic (exact) mass is 405 g/mol. The molecule has 5 rings (SSSR count). The van der Waals surface area contributed by atoms with Crippen LogP contribution in [0.25, 0.3) is 21.5 Å². The smallest absolute Gasteiger partial charge is 0.168 e. The molecule has 0 radical (unpaired) electrons. The molecule has 1 fully saturated rings. The van der Waals surface area contributed by atoms with Gasteiger partial charge in [0, 0.05) is 18.2 Å². The van der Waals surface area contributed by atoms with Crippen LogP contribution >= 0.6 is 0 Å². The Hall–Kier alpha value is -3.72. The molecule has 0 bridgehead atoms. The highest BCUT2D eigenvalue weighted by Crippen LogP contribution is 2.30. The number of allylic oxidation sites excluding steroid dienone is 2. The number of hydrogen-bond donors (Lipinski definition) is 1. The molecule has 3 nitrogen and oxygen atoms in total. The minimum atomic E-state index is -0.0250. The number of carbonyl (C=O) groups is 1. The second kappa shape index (κ2) is 8.19. The summed E-state index contributed by atoms with van der Waals surface area (Å²) in [6.07, 6.45) is 2.21. The zero-order valence-electron chi connectivity index (χ0n) is 17.2. The molecule has 31 heavy (non-hydrogen) atoms. The van der Waals surface area contributed by atoms with Crippen LogP contribution in [0.3, 0.4) is 0 Å². The van der Waals surface area contributed by atoms with Crippen LogP contribution in [0.15, 0.2) is 101 Å². The van der Waals surface area contributed by atoms with Gasteiger partial charge in [-0.05, 0) is 40.6 Å². The summed E-state index contributed by atoms with van der Waals surface area (Å²) in [4.78, 5) is 17.7. The van der Waals surface area contributed by atoms with E-state index in [1.165, 1.54) is 0 Å². The van der Waals surface area contributed by atoms with E-state index in [0.717, 1.165) is 39.2 Å². The molecule has 1 saturated carbocycles. The van der Waals surface area contributed by atoms with Gasteiger partial charge in [0.1, 0.15) is 5.76 Å². The minimum Gasteiger partial charge on any atom is -0.511 e. The van der Waals surface area contributed by atoms with Gasteiger partial charge in [-0.3, -0.25) is 9.79 Å². The predicted molar refractivity (Wildman–Crippen MR) is 127 cm³/mol. The SMILES string of the molecule is O=C1CCCC(=Nc2cccc3ccccc23)/C1=C(\O)Cc1cccc2ccccc12. The van der Waals surface area contributed by atoms with E-state index in [4.69, 9.17) is 4.99 Å². The van der Waals surface area contributed by atoms with E-state index in [1.54, 1.807) is 0 Å². The summed E-state index contributed by atoms with van der Waals surface area (Å²) in [5, 5.41) is 15.5. The zero-order chi connectivity index (χ0) is 21.2. The molecule has 1 aliphatic carbocycles. The molecule has 0 heterocycles. The lowest BCUT2D eigenvalue weighted by Crippen LogP contribution is -2.21. The molecule has 152 valence electrons. The number of aliphatic imine (C=N–C) groups is 1. The van der Waals surface area contributed by atoms with Crippen LogP contribution < -0.4 is 0 Å². The van der Waals surface area contributed by atoms with Gasteiger partial charge >= 0.3 is 0 Å². The number of fused-ring (bicyclic) bond motifs is 2. The molecule has 3 heteroatoms. The average molecular weight is 405 g/mol. The fourth-order valence-electron chi connectivity index (χ4n) is 4.43. The van der Waals surface area contributed by atoms with Crippen LogP contribution in [0.5, 0.6) is 0 Å². The van der Waals surface area contributed by atoms with Crippen LogP contribution in [0, 0.1) is 0 Å². The number of aliphatic hydroxyl groups excluding tert-OH is 1. The van der Waals surface area contributed by atoms with E-state index in [-0.39, 0.29) is 11.5 Å². The number of carbonyl (C=O) groups excluding carboxylic acids is 1. The Morgan fingerprint density at radius 2 is 1.42 bits per heavy atom. The van der Waals surface area contributed by atoms with Crippen molar-refractivity contribution < 1.29 is 9.90 Å². The molecule has 1 aliphatic rings. The van der Waals surface area contributed by atoms with Crippen molar-refractivity contribution in [1.29, 1.82) is 0 Å². The standard InChI is InChI=1S/C28H23NO2/c30-26-17-7-16-25(29-24-15-6-11-20-9-2-4-14-23(20)24)28(26)27(31)18-21-12-5-10-19-8-1-3-13-22(19)21/h1-6,8-15,31H,7,16-18H2/b28-27+,29-25?. The van der Waals surface area contributed by atoms with Crippen molar-refractivity contribution in [3.05, 3.63) is 102 Å². The zero-order valence-corrected chi connectivity index (χ0v) is 17.2. The lowest BCUT2D eigenvalue weighted by molar-refractivity contribution is -0.115. The van der Waals surface area contributed by atoms with Crippen molar-refractivity contribution in [2.75, 3.05) is 0 Å². The van der Waals surface area contributed by atoms with Crippen molar-refractivity contribution in [2.45, 2.75) is 25.7 Å². The predicted octanol–water partition coefficient (Wildman–Crippen LogP) is 6.87. The van der Waals surface area contributed by atoms with E-state index in [0.29, 0.717) is 30.5 Å². The third-order valence-electron chi connectivity index (χ3n) is 5.93.